The van der Waals surface area contributed by atoms with Crippen LogP contribution in [0.2, 0.25) is 0 Å². The number of hydrogen-bond donors (Lipinski definition) is 0. The zero-order valence-electron chi connectivity index (χ0n) is 10.1. The topological polar surface area (TPSA) is 17.8 Å². The molecular weight excluding hydrogens is 184 g/mol. The zero-order chi connectivity index (χ0) is 11.2. The summed E-state index contributed by atoms with van der Waals surface area (Å²) in [5.74, 6) is 0. The lowest BCUT2D eigenvalue weighted by molar-refractivity contribution is 0.588. The van der Waals surface area contributed by atoms with Crippen molar-refractivity contribution in [2.75, 3.05) is 0 Å². The van der Waals surface area contributed by atoms with Crippen LogP contribution in [0, 0.1) is 6.92 Å². The summed E-state index contributed by atoms with van der Waals surface area (Å²) in [5.41, 5.74) is 5.27. The van der Waals surface area contributed by atoms with Crippen molar-refractivity contribution < 1.29 is 0 Å². The standard InChI is InChI=1S/C13H18N2/c1-9-6-7-10-12(15(5)8-14-10)11(9)13(2,3)4/h6-8H,1-5H3. The molecule has 0 aliphatic rings. The molecule has 0 aliphatic heterocycles. The number of aryl methyl sites for hydroxylation is 2. The zero-order valence-corrected chi connectivity index (χ0v) is 10.1. The monoisotopic (exact) mass is 202 g/mol. The van der Waals surface area contributed by atoms with Gasteiger partial charge < -0.3 is 4.57 Å². The van der Waals surface area contributed by atoms with Gasteiger partial charge in [-0.05, 0) is 29.5 Å². The average Bonchev–Trinajstić information content (AvgIpc) is 2.46. The van der Waals surface area contributed by atoms with Gasteiger partial charge in [-0.2, -0.15) is 0 Å². The third-order valence-electron chi connectivity index (χ3n) is 2.84. The molecule has 0 radical (unpaired) electrons. The van der Waals surface area contributed by atoms with Gasteiger partial charge in [-0.3, -0.25) is 0 Å². The van der Waals surface area contributed by atoms with Crippen LogP contribution >= 0.6 is 0 Å². The van der Waals surface area contributed by atoms with Gasteiger partial charge in [-0.25, -0.2) is 4.98 Å². The summed E-state index contributed by atoms with van der Waals surface area (Å²) < 4.78 is 2.11. The fourth-order valence-electron chi connectivity index (χ4n) is 2.30. The van der Waals surface area contributed by atoms with Crippen LogP contribution in [0.5, 0.6) is 0 Å². The van der Waals surface area contributed by atoms with E-state index in [2.05, 4.69) is 56.4 Å². The first-order chi connectivity index (χ1) is 6.91. The molecule has 0 amide bonds. The molecule has 2 rings (SSSR count). The maximum absolute atomic E-state index is 4.40. The molecule has 80 valence electrons. The van der Waals surface area contributed by atoms with Crippen molar-refractivity contribution in [1.29, 1.82) is 0 Å². The first-order valence-electron chi connectivity index (χ1n) is 5.32. The molecule has 1 aromatic carbocycles. The fourth-order valence-corrected chi connectivity index (χ4v) is 2.30. The van der Waals surface area contributed by atoms with Gasteiger partial charge >= 0.3 is 0 Å². The Hall–Kier alpha value is -1.31. The second-order valence-electron chi connectivity index (χ2n) is 5.23. The van der Waals surface area contributed by atoms with Crippen LogP contribution in [0.3, 0.4) is 0 Å². The van der Waals surface area contributed by atoms with E-state index in [1.54, 1.807) is 0 Å². The number of imidazole rings is 1. The Bertz CT molecular complexity index is 501. The Labute approximate surface area is 90.9 Å². The molecular formula is C13H18N2. The minimum absolute atomic E-state index is 0.164. The molecule has 0 bridgehead atoms. The Morgan fingerprint density at radius 2 is 1.87 bits per heavy atom. The van der Waals surface area contributed by atoms with Crippen LogP contribution in [0.15, 0.2) is 18.5 Å². The minimum atomic E-state index is 0.164. The van der Waals surface area contributed by atoms with Crippen molar-refractivity contribution in [2.45, 2.75) is 33.1 Å². The van der Waals surface area contributed by atoms with E-state index in [1.165, 1.54) is 16.6 Å². The van der Waals surface area contributed by atoms with Crippen molar-refractivity contribution in [3.8, 4) is 0 Å². The van der Waals surface area contributed by atoms with Crippen LogP contribution in [-0.4, -0.2) is 9.55 Å². The first kappa shape index (κ1) is 10.2. The van der Waals surface area contributed by atoms with E-state index < -0.39 is 0 Å². The van der Waals surface area contributed by atoms with E-state index in [-0.39, 0.29) is 5.41 Å². The second-order valence-corrected chi connectivity index (χ2v) is 5.23. The van der Waals surface area contributed by atoms with Crippen molar-refractivity contribution in [3.05, 3.63) is 29.6 Å². The SMILES string of the molecule is Cc1ccc2ncn(C)c2c1C(C)(C)C. The first-order valence-corrected chi connectivity index (χ1v) is 5.32. The predicted molar refractivity (Wildman–Crippen MR) is 64.2 cm³/mol. The molecule has 0 N–H and O–H groups in total. The number of nitrogens with zero attached hydrogens (tertiary/aromatic N) is 2. The van der Waals surface area contributed by atoms with Crippen molar-refractivity contribution in [3.63, 3.8) is 0 Å². The van der Waals surface area contributed by atoms with E-state index in [1.807, 2.05) is 6.33 Å². The molecule has 0 spiro atoms. The van der Waals surface area contributed by atoms with Gasteiger partial charge in [-0.15, -0.1) is 0 Å². The number of aromatic nitrogens is 2. The highest BCUT2D eigenvalue weighted by Crippen LogP contribution is 2.31. The van der Waals surface area contributed by atoms with Crippen LogP contribution in [0.25, 0.3) is 11.0 Å². The molecule has 0 aliphatic carbocycles. The number of hydrogen-bond acceptors (Lipinski definition) is 1. The summed E-state index contributed by atoms with van der Waals surface area (Å²) in [6, 6.07) is 4.26. The smallest absolute Gasteiger partial charge is 0.0955 e. The van der Waals surface area contributed by atoms with Crippen molar-refractivity contribution >= 4 is 11.0 Å². The molecule has 2 aromatic rings. The molecule has 1 aromatic heterocycles. The summed E-state index contributed by atoms with van der Waals surface area (Å²) in [5, 5.41) is 0. The van der Waals surface area contributed by atoms with Gasteiger partial charge in [0.2, 0.25) is 0 Å². The molecule has 0 saturated carbocycles. The molecule has 1 heterocycles. The van der Waals surface area contributed by atoms with E-state index >= 15 is 0 Å². The third kappa shape index (κ3) is 1.54. The Kier molecular flexibility index (Phi) is 2.10. The highest BCUT2D eigenvalue weighted by molar-refractivity contribution is 5.81. The van der Waals surface area contributed by atoms with Crippen LogP contribution in [0.1, 0.15) is 31.9 Å². The van der Waals surface area contributed by atoms with Crippen LogP contribution in [0.4, 0.5) is 0 Å². The Morgan fingerprint density at radius 1 is 1.20 bits per heavy atom. The molecule has 0 unspecified atom stereocenters. The molecule has 2 heteroatoms. The number of fused-ring (bicyclic) bond motifs is 1. The van der Waals surface area contributed by atoms with E-state index in [0.29, 0.717) is 0 Å². The summed E-state index contributed by atoms with van der Waals surface area (Å²) in [6.45, 7) is 8.93. The van der Waals surface area contributed by atoms with E-state index in [9.17, 15) is 0 Å². The van der Waals surface area contributed by atoms with Crippen LogP contribution in [-0.2, 0) is 12.5 Å². The fraction of sp³-hybridized carbons (Fsp3) is 0.462. The maximum Gasteiger partial charge on any atom is 0.0955 e. The predicted octanol–water partition coefficient (Wildman–Crippen LogP) is 3.18. The summed E-state index contributed by atoms with van der Waals surface area (Å²) >= 11 is 0. The maximum atomic E-state index is 4.40. The van der Waals surface area contributed by atoms with Gasteiger partial charge in [0.1, 0.15) is 0 Å². The lowest BCUT2D eigenvalue weighted by Gasteiger charge is -2.23. The molecule has 15 heavy (non-hydrogen) atoms. The second kappa shape index (κ2) is 3.09. The van der Waals surface area contributed by atoms with Gasteiger partial charge in [0.15, 0.2) is 0 Å². The van der Waals surface area contributed by atoms with Crippen molar-refractivity contribution in [1.82, 2.24) is 9.55 Å². The summed E-state index contributed by atoms with van der Waals surface area (Å²) in [7, 11) is 2.06. The summed E-state index contributed by atoms with van der Waals surface area (Å²) in [6.07, 6.45) is 1.89. The molecule has 0 saturated heterocycles. The van der Waals surface area contributed by atoms with E-state index in [4.69, 9.17) is 0 Å². The van der Waals surface area contributed by atoms with Gasteiger partial charge in [-0.1, -0.05) is 26.8 Å². The van der Waals surface area contributed by atoms with Crippen molar-refractivity contribution in [2.24, 2.45) is 7.05 Å². The normalized spacial score (nSPS) is 12.3. The highest BCUT2D eigenvalue weighted by atomic mass is 15.0. The van der Waals surface area contributed by atoms with Crippen LogP contribution < -0.4 is 0 Å². The van der Waals surface area contributed by atoms with E-state index in [0.717, 1.165) is 5.52 Å². The molecule has 0 atom stereocenters. The minimum Gasteiger partial charge on any atom is -0.333 e. The highest BCUT2D eigenvalue weighted by Gasteiger charge is 2.21. The Balaban J connectivity index is 2.90. The summed E-state index contributed by atoms with van der Waals surface area (Å²) in [4.78, 5) is 4.40. The average molecular weight is 202 g/mol. The third-order valence-corrected chi connectivity index (χ3v) is 2.84. The quantitative estimate of drug-likeness (QED) is 0.641. The van der Waals surface area contributed by atoms with Gasteiger partial charge in [0.05, 0.1) is 17.4 Å². The Morgan fingerprint density at radius 3 is 2.47 bits per heavy atom. The van der Waals surface area contributed by atoms with Gasteiger partial charge in [0.25, 0.3) is 0 Å². The largest absolute Gasteiger partial charge is 0.333 e. The lowest BCUT2D eigenvalue weighted by Crippen LogP contribution is -2.14. The van der Waals surface area contributed by atoms with Gasteiger partial charge in [0, 0.05) is 7.05 Å². The molecule has 0 fully saturated rings. The number of rotatable bonds is 0. The molecule has 2 nitrogen and oxygen atoms in total. The lowest BCUT2D eigenvalue weighted by atomic mass is 9.83. The number of benzene rings is 1.